The Kier molecular flexibility index (Phi) is 5.53. The normalized spacial score (nSPS) is 10.5. The summed E-state index contributed by atoms with van der Waals surface area (Å²) in [6.07, 6.45) is 3.49. The molecule has 0 bridgehead atoms. The fraction of sp³-hybridized carbons (Fsp3) is 0.118. The number of pyridine rings is 1. The molecule has 8 heteroatoms. The molecule has 0 fully saturated rings. The van der Waals surface area contributed by atoms with Gasteiger partial charge in [-0.15, -0.1) is 11.3 Å². The van der Waals surface area contributed by atoms with E-state index in [1.807, 2.05) is 19.1 Å². The summed E-state index contributed by atoms with van der Waals surface area (Å²) in [5.41, 5.74) is 2.38. The smallest absolute Gasteiger partial charge is 0.319 e. The summed E-state index contributed by atoms with van der Waals surface area (Å²) in [7, 11) is 0. The lowest BCUT2D eigenvalue weighted by molar-refractivity contribution is 0.252. The zero-order valence-corrected chi connectivity index (χ0v) is 15.5. The van der Waals surface area contributed by atoms with Gasteiger partial charge < -0.3 is 10.6 Å². The minimum Gasteiger partial charge on any atom is -0.333 e. The van der Waals surface area contributed by atoms with Crippen LogP contribution in [0.5, 0.6) is 0 Å². The first-order chi connectivity index (χ1) is 12.0. The van der Waals surface area contributed by atoms with Gasteiger partial charge in [0.2, 0.25) is 0 Å². The summed E-state index contributed by atoms with van der Waals surface area (Å²) >= 11 is 13.4. The third-order valence-electron chi connectivity index (χ3n) is 3.33. The van der Waals surface area contributed by atoms with Crippen molar-refractivity contribution in [2.45, 2.75) is 13.5 Å². The zero-order chi connectivity index (χ0) is 17.8. The maximum absolute atomic E-state index is 12.1. The average Bonchev–Trinajstić information content (AvgIpc) is 2.94. The highest BCUT2D eigenvalue weighted by atomic mass is 35.5. The van der Waals surface area contributed by atoms with Crippen molar-refractivity contribution < 1.29 is 4.79 Å². The van der Waals surface area contributed by atoms with Crippen LogP contribution in [-0.4, -0.2) is 16.0 Å². The predicted octanol–water partition coefficient (Wildman–Crippen LogP) is 5.14. The van der Waals surface area contributed by atoms with Crippen LogP contribution in [0, 0.1) is 6.92 Å². The molecule has 0 aliphatic heterocycles. The highest BCUT2D eigenvalue weighted by molar-refractivity contribution is 7.15. The van der Waals surface area contributed by atoms with E-state index in [9.17, 15) is 4.79 Å². The average molecular weight is 393 g/mol. The Balaban J connectivity index is 1.63. The third-order valence-corrected chi connectivity index (χ3v) is 4.97. The van der Waals surface area contributed by atoms with E-state index >= 15 is 0 Å². The Bertz CT molecular complexity index is 879. The minimum atomic E-state index is -0.339. The SMILES string of the molecule is Cc1nc(-c2cccnc2)sc1CNC(=O)Nc1cc(Cl)cc(Cl)c1. The van der Waals surface area contributed by atoms with E-state index < -0.39 is 0 Å². The molecule has 2 heterocycles. The van der Waals surface area contributed by atoms with Crippen LogP contribution in [-0.2, 0) is 6.54 Å². The van der Waals surface area contributed by atoms with Crippen LogP contribution in [0.15, 0.2) is 42.7 Å². The molecule has 0 aliphatic carbocycles. The zero-order valence-electron chi connectivity index (χ0n) is 13.2. The number of carbonyl (C=O) groups excluding carboxylic acids is 1. The Morgan fingerprint density at radius 3 is 2.68 bits per heavy atom. The summed E-state index contributed by atoms with van der Waals surface area (Å²) in [6, 6.07) is 8.35. The number of hydrogen-bond donors (Lipinski definition) is 2. The number of aryl methyl sites for hydroxylation is 1. The molecule has 0 atom stereocenters. The number of nitrogens with one attached hydrogen (secondary N) is 2. The van der Waals surface area contributed by atoms with Gasteiger partial charge in [-0.2, -0.15) is 0 Å². The second-order valence-electron chi connectivity index (χ2n) is 5.24. The number of rotatable bonds is 4. The quantitative estimate of drug-likeness (QED) is 0.645. The van der Waals surface area contributed by atoms with Gasteiger partial charge in [-0.25, -0.2) is 9.78 Å². The Hall–Kier alpha value is -2.15. The summed E-state index contributed by atoms with van der Waals surface area (Å²) in [6.45, 7) is 2.30. The molecule has 1 aromatic carbocycles. The van der Waals surface area contributed by atoms with Crippen LogP contribution in [0.3, 0.4) is 0 Å². The topological polar surface area (TPSA) is 66.9 Å². The molecule has 0 unspecified atom stereocenters. The molecule has 3 aromatic rings. The largest absolute Gasteiger partial charge is 0.333 e. The Labute approximate surface area is 159 Å². The van der Waals surface area contributed by atoms with Crippen LogP contribution in [0.1, 0.15) is 10.6 Å². The van der Waals surface area contributed by atoms with E-state index in [0.29, 0.717) is 22.3 Å². The summed E-state index contributed by atoms with van der Waals surface area (Å²) < 4.78 is 0. The molecule has 0 saturated heterocycles. The van der Waals surface area contributed by atoms with Crippen molar-refractivity contribution in [1.82, 2.24) is 15.3 Å². The highest BCUT2D eigenvalue weighted by Gasteiger charge is 2.11. The van der Waals surface area contributed by atoms with E-state index in [4.69, 9.17) is 23.2 Å². The van der Waals surface area contributed by atoms with Crippen molar-refractivity contribution in [3.63, 3.8) is 0 Å². The number of amides is 2. The van der Waals surface area contributed by atoms with Crippen molar-refractivity contribution in [1.29, 1.82) is 0 Å². The van der Waals surface area contributed by atoms with Gasteiger partial charge in [0.05, 0.1) is 12.2 Å². The van der Waals surface area contributed by atoms with Crippen molar-refractivity contribution in [3.8, 4) is 10.6 Å². The summed E-state index contributed by atoms with van der Waals surface area (Å²) in [5.74, 6) is 0. The molecule has 2 N–H and O–H groups in total. The number of anilines is 1. The van der Waals surface area contributed by atoms with Gasteiger partial charge in [0.25, 0.3) is 0 Å². The van der Waals surface area contributed by atoms with E-state index in [0.717, 1.165) is 21.1 Å². The predicted molar refractivity (Wildman–Crippen MR) is 102 cm³/mol. The van der Waals surface area contributed by atoms with Crippen LogP contribution < -0.4 is 10.6 Å². The summed E-state index contributed by atoms with van der Waals surface area (Å²) in [4.78, 5) is 21.7. The second-order valence-corrected chi connectivity index (χ2v) is 7.19. The molecule has 2 amide bonds. The number of nitrogens with zero attached hydrogens (tertiary/aromatic N) is 2. The fourth-order valence-electron chi connectivity index (χ4n) is 2.17. The maximum Gasteiger partial charge on any atom is 0.319 e. The third kappa shape index (κ3) is 4.69. The molecule has 0 aliphatic rings. The number of urea groups is 1. The van der Waals surface area contributed by atoms with E-state index in [2.05, 4.69) is 20.6 Å². The van der Waals surface area contributed by atoms with Gasteiger partial charge in [0.15, 0.2) is 0 Å². The van der Waals surface area contributed by atoms with Crippen LogP contribution in [0.2, 0.25) is 10.0 Å². The molecule has 2 aromatic heterocycles. The van der Waals surface area contributed by atoms with Gasteiger partial charge in [0, 0.05) is 38.6 Å². The maximum atomic E-state index is 12.1. The van der Waals surface area contributed by atoms with Crippen LogP contribution in [0.25, 0.3) is 10.6 Å². The highest BCUT2D eigenvalue weighted by Crippen LogP contribution is 2.27. The van der Waals surface area contributed by atoms with Gasteiger partial charge in [-0.1, -0.05) is 23.2 Å². The molecule has 5 nitrogen and oxygen atoms in total. The molecular formula is C17H14Cl2N4OS. The standard InChI is InChI=1S/C17H14Cl2N4OS/c1-10-15(25-16(22-10)11-3-2-4-20-8-11)9-21-17(24)23-14-6-12(18)5-13(19)7-14/h2-8H,9H2,1H3,(H2,21,23,24). The molecule has 0 radical (unpaired) electrons. The Morgan fingerprint density at radius 1 is 1.24 bits per heavy atom. The number of benzene rings is 1. The molecule has 0 spiro atoms. The molecule has 3 rings (SSSR count). The lowest BCUT2D eigenvalue weighted by Gasteiger charge is -2.08. The lowest BCUT2D eigenvalue weighted by Crippen LogP contribution is -2.28. The fourth-order valence-corrected chi connectivity index (χ4v) is 3.68. The first kappa shape index (κ1) is 17.7. The first-order valence-electron chi connectivity index (χ1n) is 7.39. The number of thiazole rings is 1. The van der Waals surface area contributed by atoms with Gasteiger partial charge in [-0.3, -0.25) is 4.98 Å². The Morgan fingerprint density at radius 2 is 2.00 bits per heavy atom. The molecule has 128 valence electrons. The molecular weight excluding hydrogens is 379 g/mol. The number of aromatic nitrogens is 2. The van der Waals surface area contributed by atoms with Crippen molar-refractivity contribution >= 4 is 46.3 Å². The van der Waals surface area contributed by atoms with Crippen molar-refractivity contribution in [2.75, 3.05) is 5.32 Å². The van der Waals surface area contributed by atoms with Gasteiger partial charge in [-0.05, 0) is 37.3 Å². The van der Waals surface area contributed by atoms with Crippen LogP contribution in [0.4, 0.5) is 10.5 Å². The number of carbonyl (C=O) groups is 1. The number of hydrogen-bond acceptors (Lipinski definition) is 4. The van der Waals surface area contributed by atoms with E-state index in [1.54, 1.807) is 30.6 Å². The van der Waals surface area contributed by atoms with Gasteiger partial charge in [0.1, 0.15) is 5.01 Å². The monoisotopic (exact) mass is 392 g/mol. The van der Waals surface area contributed by atoms with E-state index in [1.165, 1.54) is 11.3 Å². The van der Waals surface area contributed by atoms with Crippen molar-refractivity contribution in [2.24, 2.45) is 0 Å². The van der Waals surface area contributed by atoms with E-state index in [-0.39, 0.29) is 6.03 Å². The van der Waals surface area contributed by atoms with Crippen LogP contribution >= 0.6 is 34.5 Å². The van der Waals surface area contributed by atoms with Gasteiger partial charge >= 0.3 is 6.03 Å². The molecule has 25 heavy (non-hydrogen) atoms. The van der Waals surface area contributed by atoms with Crippen molar-refractivity contribution in [3.05, 3.63) is 63.3 Å². The number of halogens is 2. The second kappa shape index (κ2) is 7.82. The molecule has 0 saturated carbocycles. The minimum absolute atomic E-state index is 0.339. The summed E-state index contributed by atoms with van der Waals surface area (Å²) in [5, 5.41) is 7.32. The first-order valence-corrected chi connectivity index (χ1v) is 8.96. The lowest BCUT2D eigenvalue weighted by atomic mass is 10.3.